The molecule has 1 aliphatic rings. The molecular formula is C32H35Cl2N5O2. The van der Waals surface area contributed by atoms with Gasteiger partial charge in [-0.1, -0.05) is 67.4 Å². The first kappa shape index (κ1) is 29.0. The number of ether oxygens (including phenoxy) is 1. The lowest BCUT2D eigenvalue weighted by molar-refractivity contribution is 0.244. The molecule has 3 N–H and O–H groups in total. The number of nitrogens with two attached hydrogens (primary N) is 1. The van der Waals surface area contributed by atoms with Crippen LogP contribution in [0.3, 0.4) is 0 Å². The van der Waals surface area contributed by atoms with Gasteiger partial charge in [0.25, 0.3) is 0 Å². The summed E-state index contributed by atoms with van der Waals surface area (Å²) in [6, 6.07) is 17.0. The number of carbonyl (C=O) groups excluding carboxylic acids is 1. The van der Waals surface area contributed by atoms with Crippen LogP contribution in [0.15, 0.2) is 54.6 Å². The number of urea groups is 1. The Labute approximate surface area is 251 Å². The average Bonchev–Trinajstić information content (AvgIpc) is 3.30. The lowest BCUT2D eigenvalue weighted by Crippen LogP contribution is -2.30. The van der Waals surface area contributed by atoms with Crippen molar-refractivity contribution in [1.29, 1.82) is 0 Å². The van der Waals surface area contributed by atoms with Gasteiger partial charge in [-0.3, -0.25) is 4.90 Å². The number of halogens is 2. The summed E-state index contributed by atoms with van der Waals surface area (Å²) < 4.78 is 8.33. The van der Waals surface area contributed by atoms with Crippen molar-refractivity contribution in [1.82, 2.24) is 14.7 Å². The summed E-state index contributed by atoms with van der Waals surface area (Å²) >= 11 is 13.0. The van der Waals surface area contributed by atoms with E-state index in [0.29, 0.717) is 41.3 Å². The van der Waals surface area contributed by atoms with Crippen molar-refractivity contribution < 1.29 is 9.53 Å². The Morgan fingerprint density at radius 1 is 1.07 bits per heavy atom. The van der Waals surface area contributed by atoms with Crippen LogP contribution in [0.1, 0.15) is 41.8 Å². The van der Waals surface area contributed by atoms with Crippen LogP contribution in [0, 0.1) is 19.8 Å². The van der Waals surface area contributed by atoms with Crippen molar-refractivity contribution >= 4 is 34.9 Å². The summed E-state index contributed by atoms with van der Waals surface area (Å²) in [7, 11) is 0. The fraction of sp³-hybridized carbons (Fsp3) is 0.312. The SMILES string of the molecule is Cc1ccc(Cl)c(Cl)c1CN1CCc2nn(-c3c(C)cccc3OCC(C)C)c(-c3ccc(NC(N)=O)cc3)c2C1. The molecule has 9 heteroatoms. The number of nitrogens with zero attached hydrogens (tertiary/aromatic N) is 3. The zero-order chi connectivity index (χ0) is 29.3. The fourth-order valence-corrected chi connectivity index (χ4v) is 5.71. The number of benzene rings is 3. The molecule has 0 radical (unpaired) electrons. The maximum absolute atomic E-state index is 11.4. The normalized spacial score (nSPS) is 13.3. The van der Waals surface area contributed by atoms with E-state index in [1.165, 1.54) is 0 Å². The Kier molecular flexibility index (Phi) is 8.59. The molecule has 1 aliphatic heterocycles. The summed E-state index contributed by atoms with van der Waals surface area (Å²) in [5.74, 6) is 1.18. The summed E-state index contributed by atoms with van der Waals surface area (Å²) in [4.78, 5) is 13.8. The predicted molar refractivity (Wildman–Crippen MR) is 166 cm³/mol. The molecule has 0 atom stereocenters. The highest BCUT2D eigenvalue weighted by molar-refractivity contribution is 6.42. The lowest BCUT2D eigenvalue weighted by atomic mass is 9.99. The molecule has 1 aromatic heterocycles. The summed E-state index contributed by atoms with van der Waals surface area (Å²) in [6.07, 6.45) is 0.794. The van der Waals surface area contributed by atoms with Crippen molar-refractivity contribution in [3.05, 3.63) is 92.6 Å². The third-order valence-electron chi connectivity index (χ3n) is 7.34. The second kappa shape index (κ2) is 12.1. The first-order valence-electron chi connectivity index (χ1n) is 13.8. The number of amides is 2. The number of hydrogen-bond donors (Lipinski definition) is 2. The number of carbonyl (C=O) groups is 1. The van der Waals surface area contributed by atoms with Crippen molar-refractivity contribution in [3.8, 4) is 22.7 Å². The van der Waals surface area contributed by atoms with E-state index in [-0.39, 0.29) is 0 Å². The van der Waals surface area contributed by atoms with Crippen molar-refractivity contribution in [3.63, 3.8) is 0 Å². The van der Waals surface area contributed by atoms with E-state index < -0.39 is 6.03 Å². The lowest BCUT2D eigenvalue weighted by Gasteiger charge is -2.28. The van der Waals surface area contributed by atoms with Crippen LogP contribution in [-0.4, -0.2) is 33.9 Å². The van der Waals surface area contributed by atoms with Gasteiger partial charge < -0.3 is 15.8 Å². The molecule has 3 aromatic carbocycles. The Morgan fingerprint density at radius 2 is 1.83 bits per heavy atom. The molecular weight excluding hydrogens is 557 g/mol. The molecule has 0 bridgehead atoms. The minimum absolute atomic E-state index is 0.384. The van der Waals surface area contributed by atoms with Crippen LogP contribution in [0.5, 0.6) is 5.75 Å². The highest BCUT2D eigenvalue weighted by atomic mass is 35.5. The van der Waals surface area contributed by atoms with Crippen LogP contribution in [0.4, 0.5) is 10.5 Å². The van der Waals surface area contributed by atoms with Gasteiger partial charge in [0.05, 0.1) is 28.0 Å². The first-order valence-corrected chi connectivity index (χ1v) is 14.5. The molecule has 7 nitrogen and oxygen atoms in total. The van der Waals surface area contributed by atoms with Gasteiger partial charge in [-0.25, -0.2) is 9.48 Å². The maximum Gasteiger partial charge on any atom is 0.316 e. The van der Waals surface area contributed by atoms with E-state index in [2.05, 4.69) is 44.0 Å². The van der Waals surface area contributed by atoms with E-state index in [1.54, 1.807) is 0 Å². The van der Waals surface area contributed by atoms with Crippen molar-refractivity contribution in [2.24, 2.45) is 11.7 Å². The number of anilines is 1. The minimum Gasteiger partial charge on any atom is -0.491 e. The topological polar surface area (TPSA) is 85.4 Å². The molecule has 0 saturated carbocycles. The zero-order valence-electron chi connectivity index (χ0n) is 23.8. The Bertz CT molecular complexity index is 1580. The van der Waals surface area contributed by atoms with Crippen LogP contribution in [0.25, 0.3) is 16.9 Å². The number of aryl methyl sites for hydroxylation is 2. The summed E-state index contributed by atoms with van der Waals surface area (Å²) in [6.45, 7) is 11.3. The van der Waals surface area contributed by atoms with E-state index in [9.17, 15) is 4.79 Å². The van der Waals surface area contributed by atoms with Gasteiger partial charge in [-0.2, -0.15) is 5.10 Å². The number of hydrogen-bond acceptors (Lipinski definition) is 4. The third kappa shape index (κ3) is 6.22. The summed E-state index contributed by atoms with van der Waals surface area (Å²) in [5.41, 5.74) is 14.3. The van der Waals surface area contributed by atoms with E-state index in [4.69, 9.17) is 38.8 Å². The Balaban J connectivity index is 1.61. The molecule has 0 unspecified atom stereocenters. The van der Waals surface area contributed by atoms with E-state index in [1.807, 2.05) is 53.2 Å². The number of nitrogens with one attached hydrogen (secondary N) is 1. The highest BCUT2D eigenvalue weighted by Crippen LogP contribution is 2.38. The smallest absolute Gasteiger partial charge is 0.316 e. The standard InChI is InChI=1S/C32H35Cl2N5O2/c1-19(2)18-41-28-7-5-6-21(4)30(28)39-31(22-9-11-23(12-10-22)36-32(35)40)25-17-38(15-14-27(25)37-39)16-24-20(3)8-13-26(33)29(24)34/h5-13,19H,14-18H2,1-4H3,(H3,35,36,40). The van der Waals surface area contributed by atoms with Crippen molar-refractivity contribution in [2.45, 2.75) is 47.2 Å². The average molecular weight is 593 g/mol. The van der Waals surface area contributed by atoms with Gasteiger partial charge >= 0.3 is 6.03 Å². The number of rotatable bonds is 8. The largest absolute Gasteiger partial charge is 0.491 e. The molecule has 0 spiro atoms. The highest BCUT2D eigenvalue weighted by Gasteiger charge is 2.28. The number of primary amides is 1. The molecule has 0 aliphatic carbocycles. The first-order chi connectivity index (χ1) is 19.6. The summed E-state index contributed by atoms with van der Waals surface area (Å²) in [5, 5.41) is 9.00. The quantitative estimate of drug-likeness (QED) is 0.221. The molecule has 214 valence electrons. The monoisotopic (exact) mass is 591 g/mol. The van der Waals surface area contributed by atoms with E-state index >= 15 is 0 Å². The molecule has 41 heavy (non-hydrogen) atoms. The van der Waals surface area contributed by atoms with Crippen LogP contribution >= 0.6 is 23.2 Å². The van der Waals surface area contributed by atoms with Crippen molar-refractivity contribution in [2.75, 3.05) is 18.5 Å². The number of fused-ring (bicyclic) bond motifs is 1. The zero-order valence-corrected chi connectivity index (χ0v) is 25.3. The van der Waals surface area contributed by atoms with Gasteiger partial charge in [0.1, 0.15) is 11.4 Å². The molecule has 5 rings (SSSR count). The van der Waals surface area contributed by atoms with E-state index in [0.717, 1.165) is 63.6 Å². The Morgan fingerprint density at radius 3 is 2.54 bits per heavy atom. The Hall–Kier alpha value is -3.52. The van der Waals surface area contributed by atoms with Crippen LogP contribution in [0.2, 0.25) is 10.0 Å². The molecule has 0 saturated heterocycles. The van der Waals surface area contributed by atoms with Gasteiger partial charge in [-0.15, -0.1) is 0 Å². The minimum atomic E-state index is -0.599. The number of para-hydroxylation sites is 1. The van der Waals surface area contributed by atoms with Gasteiger partial charge in [-0.05, 0) is 60.7 Å². The predicted octanol–water partition coefficient (Wildman–Crippen LogP) is 7.55. The van der Waals surface area contributed by atoms with Gasteiger partial charge in [0, 0.05) is 42.9 Å². The third-order valence-corrected chi connectivity index (χ3v) is 8.18. The molecule has 4 aromatic rings. The van der Waals surface area contributed by atoms with Gasteiger partial charge in [0.15, 0.2) is 0 Å². The molecule has 2 amide bonds. The number of aromatic nitrogens is 2. The maximum atomic E-state index is 11.4. The van der Waals surface area contributed by atoms with Gasteiger partial charge in [0.2, 0.25) is 0 Å². The fourth-order valence-electron chi connectivity index (χ4n) is 5.26. The molecule has 2 heterocycles. The van der Waals surface area contributed by atoms with Crippen LogP contribution in [-0.2, 0) is 19.5 Å². The van der Waals surface area contributed by atoms with Crippen LogP contribution < -0.4 is 15.8 Å². The second-order valence-corrected chi connectivity index (χ2v) is 11.8. The second-order valence-electron chi connectivity index (χ2n) is 11.0. The molecule has 0 fully saturated rings.